The number of amides is 2. The van der Waals surface area contributed by atoms with Crippen molar-refractivity contribution < 1.29 is 9.59 Å². The fourth-order valence-corrected chi connectivity index (χ4v) is 4.40. The van der Waals surface area contributed by atoms with Gasteiger partial charge in [0.15, 0.2) is 0 Å². The molecule has 2 N–H and O–H groups in total. The minimum absolute atomic E-state index is 0.0314. The lowest BCUT2D eigenvalue weighted by molar-refractivity contribution is 0.0961. The normalized spacial score (nSPS) is 13.4. The highest BCUT2D eigenvalue weighted by Gasteiger charge is 2.27. The summed E-state index contributed by atoms with van der Waals surface area (Å²) >= 11 is 0. The Morgan fingerprint density at radius 2 is 1.97 bits per heavy atom. The van der Waals surface area contributed by atoms with Crippen molar-refractivity contribution in [1.29, 1.82) is 0 Å². The second kappa shape index (κ2) is 7.91. The van der Waals surface area contributed by atoms with Crippen molar-refractivity contribution in [1.82, 2.24) is 19.4 Å². The van der Waals surface area contributed by atoms with Crippen LogP contribution in [0.4, 0.5) is 4.79 Å². The summed E-state index contributed by atoms with van der Waals surface area (Å²) in [6.45, 7) is 3.55. The Kier molecular flexibility index (Phi) is 5.30. The Hall–Kier alpha value is -3.19. The number of nitrogens with two attached hydrogens (primary N) is 1. The zero-order valence-electron chi connectivity index (χ0n) is 17.7. The molecule has 0 fully saturated rings. The summed E-state index contributed by atoms with van der Waals surface area (Å²) in [4.78, 5) is 33.7. The summed E-state index contributed by atoms with van der Waals surface area (Å²) in [5.74, 6) is -0.0799. The summed E-state index contributed by atoms with van der Waals surface area (Å²) in [6.07, 6.45) is 4.77. The van der Waals surface area contributed by atoms with Gasteiger partial charge >= 0.3 is 6.03 Å². The highest BCUT2D eigenvalue weighted by atomic mass is 16.2. The minimum Gasteiger partial charge on any atom is -0.331 e. The SMILES string of the molecule is Cc1c(CCN)c2ccccc2n1C(=O)c1cncc2c1CCN(C(=O)N(C)C)C2. The largest absolute Gasteiger partial charge is 0.331 e. The van der Waals surface area contributed by atoms with Crippen LogP contribution in [-0.2, 0) is 19.4 Å². The zero-order valence-corrected chi connectivity index (χ0v) is 17.7. The van der Waals surface area contributed by atoms with Crippen LogP contribution in [0, 0.1) is 6.92 Å². The molecule has 7 heteroatoms. The Morgan fingerprint density at radius 3 is 2.70 bits per heavy atom. The van der Waals surface area contributed by atoms with E-state index in [2.05, 4.69) is 4.98 Å². The molecule has 4 rings (SSSR count). The average molecular weight is 406 g/mol. The van der Waals surface area contributed by atoms with Crippen LogP contribution in [0.5, 0.6) is 0 Å². The maximum absolute atomic E-state index is 13.7. The summed E-state index contributed by atoms with van der Waals surface area (Å²) in [5, 5.41) is 1.06. The first-order chi connectivity index (χ1) is 14.4. The van der Waals surface area contributed by atoms with E-state index < -0.39 is 0 Å². The van der Waals surface area contributed by atoms with Crippen LogP contribution in [0.25, 0.3) is 10.9 Å². The zero-order chi connectivity index (χ0) is 21.4. The van der Waals surface area contributed by atoms with Gasteiger partial charge in [0.05, 0.1) is 11.1 Å². The fraction of sp³-hybridized carbons (Fsp3) is 0.348. The van der Waals surface area contributed by atoms with Gasteiger partial charge in [-0.1, -0.05) is 18.2 Å². The second-order valence-electron chi connectivity index (χ2n) is 7.93. The molecular weight excluding hydrogens is 378 g/mol. The van der Waals surface area contributed by atoms with Crippen LogP contribution >= 0.6 is 0 Å². The van der Waals surface area contributed by atoms with Crippen molar-refractivity contribution in [3.05, 3.63) is 64.6 Å². The number of pyridine rings is 1. The predicted molar refractivity (Wildman–Crippen MR) is 117 cm³/mol. The number of hydrogen-bond donors (Lipinski definition) is 1. The van der Waals surface area contributed by atoms with Gasteiger partial charge in [0.1, 0.15) is 0 Å². The number of urea groups is 1. The van der Waals surface area contributed by atoms with Gasteiger partial charge in [0.2, 0.25) is 0 Å². The molecule has 0 atom stereocenters. The lowest BCUT2D eigenvalue weighted by Crippen LogP contribution is -2.42. The molecule has 30 heavy (non-hydrogen) atoms. The molecule has 0 spiro atoms. The Labute approximate surface area is 176 Å². The van der Waals surface area contributed by atoms with Gasteiger partial charge in [-0.15, -0.1) is 0 Å². The topological polar surface area (TPSA) is 84.5 Å². The fourth-order valence-electron chi connectivity index (χ4n) is 4.40. The monoisotopic (exact) mass is 405 g/mol. The number of carbonyl (C=O) groups is 2. The van der Waals surface area contributed by atoms with Gasteiger partial charge in [-0.25, -0.2) is 4.79 Å². The van der Waals surface area contributed by atoms with Gasteiger partial charge in [0.25, 0.3) is 5.91 Å². The van der Waals surface area contributed by atoms with Crippen molar-refractivity contribution >= 4 is 22.8 Å². The first-order valence-electron chi connectivity index (χ1n) is 10.2. The number of rotatable bonds is 3. The molecule has 3 heterocycles. The number of carbonyl (C=O) groups excluding carboxylic acids is 2. The van der Waals surface area contributed by atoms with E-state index in [1.165, 1.54) is 0 Å². The quantitative estimate of drug-likeness (QED) is 0.726. The van der Waals surface area contributed by atoms with Gasteiger partial charge < -0.3 is 15.5 Å². The van der Waals surface area contributed by atoms with Crippen molar-refractivity contribution in [2.75, 3.05) is 27.2 Å². The standard InChI is InChI=1S/C23H27N5O2/c1-15-17(8-10-24)19-6-4-5-7-21(19)28(15)22(29)20-13-25-12-16-14-27(11-9-18(16)20)23(30)26(2)3/h4-7,12-13H,8-11,14,24H2,1-3H3. The van der Waals surface area contributed by atoms with Crippen molar-refractivity contribution in [3.63, 3.8) is 0 Å². The van der Waals surface area contributed by atoms with Crippen LogP contribution in [0.2, 0.25) is 0 Å². The van der Waals surface area contributed by atoms with Gasteiger partial charge in [-0.3, -0.25) is 14.3 Å². The number of benzene rings is 1. The third kappa shape index (κ3) is 3.25. The van der Waals surface area contributed by atoms with E-state index in [4.69, 9.17) is 5.73 Å². The number of nitrogens with zero attached hydrogens (tertiary/aromatic N) is 4. The molecule has 1 aliphatic rings. The molecule has 1 aromatic carbocycles. The minimum atomic E-state index is -0.0799. The summed E-state index contributed by atoms with van der Waals surface area (Å²) in [5.41, 5.74) is 11.3. The molecule has 3 aromatic rings. The van der Waals surface area contributed by atoms with Gasteiger partial charge in [-0.05, 0) is 49.1 Å². The van der Waals surface area contributed by atoms with E-state index >= 15 is 0 Å². The van der Waals surface area contributed by atoms with Crippen molar-refractivity contribution in [2.45, 2.75) is 26.3 Å². The summed E-state index contributed by atoms with van der Waals surface area (Å²) in [6, 6.07) is 7.91. The predicted octanol–water partition coefficient (Wildman–Crippen LogP) is 2.57. The second-order valence-corrected chi connectivity index (χ2v) is 7.93. The van der Waals surface area contributed by atoms with Gasteiger partial charge in [0, 0.05) is 50.7 Å². The molecule has 0 bridgehead atoms. The van der Waals surface area contributed by atoms with Crippen LogP contribution in [0.3, 0.4) is 0 Å². The lowest BCUT2D eigenvalue weighted by atomic mass is 9.96. The smallest absolute Gasteiger partial charge is 0.319 e. The van der Waals surface area contributed by atoms with E-state index in [9.17, 15) is 9.59 Å². The highest BCUT2D eigenvalue weighted by molar-refractivity contribution is 6.05. The molecule has 0 aliphatic carbocycles. The Bertz CT molecular complexity index is 1130. The third-order valence-electron chi connectivity index (χ3n) is 5.86. The summed E-state index contributed by atoms with van der Waals surface area (Å²) in [7, 11) is 3.49. The molecule has 1 aliphatic heterocycles. The molecule has 156 valence electrons. The molecule has 0 radical (unpaired) electrons. The Balaban J connectivity index is 1.77. The molecule has 2 aromatic heterocycles. The average Bonchev–Trinajstić information content (AvgIpc) is 3.03. The van der Waals surface area contributed by atoms with Crippen LogP contribution in [0.1, 0.15) is 32.7 Å². The van der Waals surface area contributed by atoms with Crippen LogP contribution in [-0.4, -0.2) is 58.5 Å². The molecule has 0 saturated carbocycles. The molecule has 2 amide bonds. The molecule has 0 saturated heterocycles. The first-order valence-corrected chi connectivity index (χ1v) is 10.2. The van der Waals surface area contributed by atoms with E-state index in [1.807, 2.05) is 31.2 Å². The first kappa shape index (κ1) is 20.1. The van der Waals surface area contributed by atoms with Crippen molar-refractivity contribution in [3.8, 4) is 0 Å². The summed E-state index contributed by atoms with van der Waals surface area (Å²) < 4.78 is 1.79. The maximum Gasteiger partial charge on any atom is 0.319 e. The molecule has 0 unspecified atom stereocenters. The van der Waals surface area contributed by atoms with E-state index in [1.54, 1.807) is 40.9 Å². The number of para-hydroxylation sites is 1. The van der Waals surface area contributed by atoms with Crippen LogP contribution < -0.4 is 5.73 Å². The lowest BCUT2D eigenvalue weighted by Gasteiger charge is -2.31. The third-order valence-corrected chi connectivity index (χ3v) is 5.86. The molecular formula is C23H27N5O2. The Morgan fingerprint density at radius 1 is 1.20 bits per heavy atom. The highest BCUT2D eigenvalue weighted by Crippen LogP contribution is 2.29. The van der Waals surface area contributed by atoms with E-state index in [-0.39, 0.29) is 11.9 Å². The van der Waals surface area contributed by atoms with E-state index in [0.717, 1.165) is 39.7 Å². The van der Waals surface area contributed by atoms with Crippen molar-refractivity contribution in [2.24, 2.45) is 5.73 Å². The number of fused-ring (bicyclic) bond motifs is 2. The molecule has 7 nitrogen and oxygen atoms in total. The van der Waals surface area contributed by atoms with Crippen LogP contribution in [0.15, 0.2) is 36.7 Å². The maximum atomic E-state index is 13.7. The number of aromatic nitrogens is 2. The van der Waals surface area contributed by atoms with E-state index in [0.29, 0.717) is 31.6 Å². The number of hydrogen-bond acceptors (Lipinski definition) is 4. The van der Waals surface area contributed by atoms with Gasteiger partial charge in [-0.2, -0.15) is 0 Å².